The maximum Gasteiger partial charge on any atom is 0.400 e. The van der Waals surface area contributed by atoms with E-state index in [9.17, 15) is 40.5 Å². The molecule has 2 saturated heterocycles. The minimum Gasteiger partial charge on any atom is -0.370 e. The Morgan fingerprint density at radius 2 is 1.03 bits per heavy atom. The molecule has 0 aromatic heterocycles. The first-order valence-electron chi connectivity index (χ1n) is 17.2. The van der Waals surface area contributed by atoms with Crippen LogP contribution in [-0.2, 0) is 20.2 Å². The average molecular weight is 1200 g/mol. The largest absolute Gasteiger partial charge is 0.400 e. The highest BCUT2D eigenvalue weighted by atomic mass is 79.9. The monoisotopic (exact) mass is 1190 g/mol. The third kappa shape index (κ3) is 14.3. The standard InChI is InChI=1S/C18H12BrCl3F3NO.C17H12BrCl3F3N.C3H7NO.Cl3OP/c19-13-7-12(2-1-10(13)8-27)26-4-3-17(9-26,18(23,24)25)11-5-14(20)16(22)15(21)6-11;18-11-2-1-3-12(8-11)25-5-4-16(9-25,17(22,23)24)10-6-13(19)15(21)14(20)7-10;1-4(2)3-5;1-5(2,3)4/h1-2,5-8H,3-4,9H2;1-3,6-8H,4-5,9H2;3H,1-2H3;. The fourth-order valence-electron chi connectivity index (χ4n) is 6.47. The van der Waals surface area contributed by atoms with Crippen LogP contribution in [-0.4, -0.2) is 70.2 Å². The van der Waals surface area contributed by atoms with Gasteiger partial charge in [-0.3, -0.25) is 14.2 Å². The fourth-order valence-corrected chi connectivity index (χ4v) is 8.51. The first-order valence-corrected chi connectivity index (χ1v) is 25.5. The summed E-state index contributed by atoms with van der Waals surface area (Å²) in [6.45, 7) is -0.0447. The number of halogens is 17. The summed E-state index contributed by atoms with van der Waals surface area (Å²) in [7, 11) is 3.38. The van der Waals surface area contributed by atoms with Crippen molar-refractivity contribution in [2.75, 3.05) is 50.1 Å². The molecule has 2 unspecified atom stereocenters. The number of amides is 1. The van der Waals surface area contributed by atoms with Crippen LogP contribution in [0.2, 0.25) is 30.1 Å². The van der Waals surface area contributed by atoms with Crippen molar-refractivity contribution in [3.63, 3.8) is 0 Å². The van der Waals surface area contributed by atoms with E-state index in [4.69, 9.17) is 69.6 Å². The highest BCUT2D eigenvalue weighted by Crippen LogP contribution is 2.61. The predicted molar refractivity (Wildman–Crippen MR) is 251 cm³/mol. The molecule has 24 heteroatoms. The quantitative estimate of drug-likeness (QED) is 0.0833. The van der Waals surface area contributed by atoms with E-state index in [-0.39, 0.29) is 80.3 Å². The van der Waals surface area contributed by atoms with Crippen molar-refractivity contribution in [1.82, 2.24) is 4.90 Å². The van der Waals surface area contributed by atoms with Gasteiger partial charge < -0.3 is 14.7 Å². The smallest absolute Gasteiger partial charge is 0.370 e. The zero-order valence-electron chi connectivity index (χ0n) is 31.7. The molecule has 0 bridgehead atoms. The van der Waals surface area contributed by atoms with E-state index in [2.05, 4.69) is 65.6 Å². The molecule has 4 aromatic rings. The van der Waals surface area contributed by atoms with E-state index in [0.29, 0.717) is 22.0 Å². The summed E-state index contributed by atoms with van der Waals surface area (Å²) in [5.74, 6) is 0. The maximum absolute atomic E-state index is 14.2. The third-order valence-corrected chi connectivity index (χ3v) is 13.1. The van der Waals surface area contributed by atoms with Gasteiger partial charge in [-0.25, -0.2) is 0 Å². The Labute approximate surface area is 414 Å². The van der Waals surface area contributed by atoms with Gasteiger partial charge in [0.05, 0.1) is 30.1 Å². The topological polar surface area (TPSA) is 60.9 Å². The molecular weight excluding hydrogens is 1170 g/mol. The molecule has 340 valence electrons. The Hall–Kier alpha value is -1.000. The van der Waals surface area contributed by atoms with E-state index >= 15 is 0 Å². The van der Waals surface area contributed by atoms with Crippen LogP contribution in [0.5, 0.6) is 0 Å². The lowest BCUT2D eigenvalue weighted by Crippen LogP contribution is -2.44. The first kappa shape index (κ1) is 55.3. The Bertz CT molecular complexity index is 2240. The summed E-state index contributed by atoms with van der Waals surface area (Å²) in [4.78, 5) is 25.2. The number of rotatable bonds is 6. The molecule has 0 N–H and O–H groups in total. The Morgan fingerprint density at radius 1 is 0.661 bits per heavy atom. The summed E-state index contributed by atoms with van der Waals surface area (Å²) in [5.41, 5.74) is -2.40. The van der Waals surface area contributed by atoms with Crippen LogP contribution in [0.3, 0.4) is 0 Å². The van der Waals surface area contributed by atoms with Gasteiger partial charge in [0.2, 0.25) is 6.41 Å². The molecule has 2 atom stereocenters. The van der Waals surface area contributed by atoms with Crippen LogP contribution in [0.1, 0.15) is 34.3 Å². The second kappa shape index (κ2) is 22.7. The summed E-state index contributed by atoms with van der Waals surface area (Å²) in [6, 6.07) is 17.1. The normalized spacial score (nSPS) is 18.8. The van der Waals surface area contributed by atoms with Gasteiger partial charge in [-0.2, -0.15) is 26.3 Å². The SMILES string of the molecule is CN(C)C=O.FC(F)(F)C1(c2cc(Cl)c(Cl)c(Cl)c2)CCN(c2cccc(Br)c2)C1.O=Cc1ccc(N2CCC(c3cc(Cl)c(Cl)c(Cl)c3)(C(F)(F)F)C2)cc1Br.O=P(Cl)(Cl)Cl. The zero-order valence-corrected chi connectivity index (χ0v) is 42.6. The summed E-state index contributed by atoms with van der Waals surface area (Å²) in [6.07, 6.45) is -7.78. The molecule has 0 radical (unpaired) electrons. The van der Waals surface area contributed by atoms with Crippen LogP contribution in [0.4, 0.5) is 37.7 Å². The minimum absolute atomic E-state index is 0.0134. The van der Waals surface area contributed by atoms with E-state index in [1.165, 1.54) is 29.2 Å². The summed E-state index contributed by atoms with van der Waals surface area (Å²) in [5, 5.41) is -3.12. The van der Waals surface area contributed by atoms with Crippen molar-refractivity contribution < 1.29 is 40.5 Å². The molecule has 4 aromatic carbocycles. The van der Waals surface area contributed by atoms with Gasteiger partial charge in [0.25, 0.3) is 0 Å². The van der Waals surface area contributed by atoms with Gasteiger partial charge in [0.15, 0.2) is 6.29 Å². The van der Waals surface area contributed by atoms with Gasteiger partial charge >= 0.3 is 17.6 Å². The van der Waals surface area contributed by atoms with Gasteiger partial charge in [-0.05, 0) is 134 Å². The van der Waals surface area contributed by atoms with Gasteiger partial charge in [0.1, 0.15) is 10.8 Å². The van der Waals surface area contributed by atoms with Crippen molar-refractivity contribution in [2.45, 2.75) is 36.0 Å². The van der Waals surface area contributed by atoms with Crippen molar-refractivity contribution in [3.05, 3.63) is 123 Å². The minimum atomic E-state index is -4.51. The number of nitrogens with zero attached hydrogens (tertiary/aromatic N) is 3. The van der Waals surface area contributed by atoms with E-state index in [1.54, 1.807) is 60.3 Å². The molecule has 2 fully saturated rings. The molecule has 1 amide bonds. The Morgan fingerprint density at radius 3 is 1.34 bits per heavy atom. The van der Waals surface area contributed by atoms with E-state index < -0.39 is 28.4 Å². The van der Waals surface area contributed by atoms with Gasteiger partial charge in [-0.15, -0.1) is 0 Å². The Balaban J connectivity index is 0.000000272. The molecular formula is C38H31Br2Cl9F6N3O3P. The third-order valence-electron chi connectivity index (χ3n) is 9.56. The average Bonchev–Trinajstić information content (AvgIpc) is 3.84. The lowest BCUT2D eigenvalue weighted by atomic mass is 9.79. The molecule has 2 aliphatic rings. The number of hydrogen-bond donors (Lipinski definition) is 0. The van der Waals surface area contributed by atoms with Crippen LogP contribution >= 0.6 is 140 Å². The molecule has 0 aliphatic carbocycles. The number of anilines is 2. The first-order chi connectivity index (χ1) is 28.5. The van der Waals surface area contributed by atoms with E-state index in [1.807, 2.05) is 6.07 Å². The molecule has 62 heavy (non-hydrogen) atoms. The van der Waals surface area contributed by atoms with Crippen LogP contribution in [0.25, 0.3) is 0 Å². The van der Waals surface area contributed by atoms with Gasteiger partial charge in [0, 0.05) is 66.2 Å². The summed E-state index contributed by atoms with van der Waals surface area (Å²) < 4.78 is 95.5. The van der Waals surface area contributed by atoms with Crippen molar-refractivity contribution in [3.8, 4) is 0 Å². The number of hydrogen-bond acceptors (Lipinski definition) is 5. The maximum atomic E-state index is 14.2. The fraction of sp³-hybridized carbons (Fsp3) is 0.316. The van der Waals surface area contributed by atoms with Crippen LogP contribution < -0.4 is 9.80 Å². The molecule has 2 heterocycles. The predicted octanol–water partition coefficient (Wildman–Crippen LogP) is 16.6. The number of carbonyl (C=O) groups is 2. The highest BCUT2D eigenvalue weighted by molar-refractivity contribution is 9.10. The molecule has 0 saturated carbocycles. The van der Waals surface area contributed by atoms with Crippen molar-refractivity contribution in [2.24, 2.45) is 0 Å². The molecule has 2 aliphatic heterocycles. The lowest BCUT2D eigenvalue weighted by molar-refractivity contribution is -0.185. The molecule has 6 nitrogen and oxygen atoms in total. The van der Waals surface area contributed by atoms with Crippen molar-refractivity contribution in [1.29, 1.82) is 0 Å². The molecule has 0 spiro atoms. The number of aldehydes is 1. The highest BCUT2D eigenvalue weighted by Gasteiger charge is 2.60. The number of benzene rings is 4. The zero-order chi connectivity index (χ0) is 47.2. The number of carbonyl (C=O) groups excluding carboxylic acids is 2. The second-order valence-corrected chi connectivity index (χ2v) is 24.6. The van der Waals surface area contributed by atoms with Gasteiger partial charge in [-0.1, -0.05) is 91.6 Å². The second-order valence-electron chi connectivity index (χ2n) is 13.8. The lowest BCUT2D eigenvalue weighted by Gasteiger charge is -2.33. The Kier molecular flexibility index (Phi) is 20.2. The van der Waals surface area contributed by atoms with Crippen LogP contribution in [0, 0.1) is 0 Å². The van der Waals surface area contributed by atoms with Crippen LogP contribution in [0.15, 0.2) is 75.7 Å². The van der Waals surface area contributed by atoms with Crippen molar-refractivity contribution >= 4 is 164 Å². The number of alkyl halides is 6. The van der Waals surface area contributed by atoms with E-state index in [0.717, 1.165) is 16.6 Å². The summed E-state index contributed by atoms with van der Waals surface area (Å²) >= 11 is 56.2. The molecule has 6 rings (SSSR count).